The highest BCUT2D eigenvalue weighted by atomic mass is 16.3. The van der Waals surface area contributed by atoms with Crippen LogP contribution in [0.1, 0.15) is 24.2 Å². The van der Waals surface area contributed by atoms with Crippen LogP contribution in [0, 0.1) is 0 Å². The van der Waals surface area contributed by atoms with Crippen molar-refractivity contribution in [1.82, 2.24) is 14.5 Å². The fourth-order valence-electron chi connectivity index (χ4n) is 2.78. The molecule has 26 heavy (non-hydrogen) atoms. The summed E-state index contributed by atoms with van der Waals surface area (Å²) in [5.41, 5.74) is 1.49. The third kappa shape index (κ3) is 3.48. The number of pyridine rings is 1. The fraction of sp³-hybridized carbons (Fsp3) is 0.263. The van der Waals surface area contributed by atoms with E-state index in [0.29, 0.717) is 17.9 Å². The van der Waals surface area contributed by atoms with Gasteiger partial charge in [0.05, 0.1) is 17.7 Å². The zero-order valence-electron chi connectivity index (χ0n) is 14.8. The Morgan fingerprint density at radius 1 is 1.19 bits per heavy atom. The molecule has 0 unspecified atom stereocenters. The van der Waals surface area contributed by atoms with Crippen molar-refractivity contribution in [3.63, 3.8) is 0 Å². The number of benzene rings is 1. The van der Waals surface area contributed by atoms with Crippen molar-refractivity contribution in [1.29, 1.82) is 0 Å². The van der Waals surface area contributed by atoms with Crippen LogP contribution in [-0.4, -0.2) is 38.6 Å². The van der Waals surface area contributed by atoms with Crippen LogP contribution in [0.4, 0.5) is 5.69 Å². The van der Waals surface area contributed by atoms with Gasteiger partial charge in [-0.05, 0) is 31.3 Å². The summed E-state index contributed by atoms with van der Waals surface area (Å²) < 4.78 is 1.78. The molecule has 7 heteroatoms. The average Bonchev–Trinajstić information content (AvgIpc) is 2.95. The van der Waals surface area contributed by atoms with Crippen LogP contribution in [-0.2, 0) is 6.67 Å². The van der Waals surface area contributed by atoms with E-state index in [2.05, 4.69) is 34.0 Å². The summed E-state index contributed by atoms with van der Waals surface area (Å²) in [4.78, 5) is 18.2. The molecule has 7 nitrogen and oxygen atoms in total. The predicted molar refractivity (Wildman–Crippen MR) is 99.6 cm³/mol. The Balaban J connectivity index is 1.99. The minimum atomic E-state index is -0.502. The number of carbonyl (C=O) groups is 1. The smallest absolute Gasteiger partial charge is 0.296 e. The van der Waals surface area contributed by atoms with Gasteiger partial charge in [-0.25, -0.2) is 0 Å². The largest absolute Gasteiger partial charge is 0.493 e. The molecule has 0 aliphatic carbocycles. The molecule has 1 aromatic carbocycles. The SMILES string of the molecule is CCN(CC)Cn1c(O)c(N=NC(=O)c2cccnc2)c2ccccc21. The first-order valence-electron chi connectivity index (χ1n) is 8.54. The van der Waals surface area contributed by atoms with Gasteiger partial charge in [-0.15, -0.1) is 10.2 Å². The molecule has 1 N–H and O–H groups in total. The Labute approximate surface area is 151 Å². The lowest BCUT2D eigenvalue weighted by atomic mass is 10.2. The van der Waals surface area contributed by atoms with Crippen LogP contribution < -0.4 is 0 Å². The fourth-order valence-corrected chi connectivity index (χ4v) is 2.78. The van der Waals surface area contributed by atoms with Crippen molar-refractivity contribution in [2.24, 2.45) is 10.2 Å². The lowest BCUT2D eigenvalue weighted by molar-refractivity contribution is 0.0994. The minimum Gasteiger partial charge on any atom is -0.493 e. The minimum absolute atomic E-state index is 0.000775. The van der Waals surface area contributed by atoms with Crippen molar-refractivity contribution in [3.05, 3.63) is 54.4 Å². The second-order valence-electron chi connectivity index (χ2n) is 5.81. The van der Waals surface area contributed by atoms with Gasteiger partial charge in [-0.3, -0.25) is 19.2 Å². The number of azo groups is 1. The molecular weight excluding hydrogens is 330 g/mol. The van der Waals surface area contributed by atoms with Crippen molar-refractivity contribution in [2.45, 2.75) is 20.5 Å². The first-order chi connectivity index (χ1) is 12.7. The van der Waals surface area contributed by atoms with Crippen LogP contribution in [0.5, 0.6) is 5.88 Å². The second-order valence-corrected chi connectivity index (χ2v) is 5.81. The average molecular weight is 351 g/mol. The normalized spacial score (nSPS) is 11.7. The van der Waals surface area contributed by atoms with Gasteiger partial charge in [0.1, 0.15) is 0 Å². The van der Waals surface area contributed by atoms with E-state index in [-0.39, 0.29) is 5.88 Å². The Hall–Kier alpha value is -3.06. The monoisotopic (exact) mass is 351 g/mol. The molecular formula is C19H21N5O2. The first kappa shape index (κ1) is 17.8. The molecule has 0 radical (unpaired) electrons. The van der Waals surface area contributed by atoms with E-state index in [0.717, 1.165) is 24.0 Å². The van der Waals surface area contributed by atoms with Gasteiger partial charge >= 0.3 is 0 Å². The highest BCUT2D eigenvalue weighted by molar-refractivity contribution is 5.97. The quantitative estimate of drug-likeness (QED) is 0.681. The molecule has 3 aromatic rings. The van der Waals surface area contributed by atoms with Gasteiger partial charge in [-0.1, -0.05) is 32.0 Å². The van der Waals surface area contributed by atoms with Gasteiger partial charge in [-0.2, -0.15) is 0 Å². The summed E-state index contributed by atoms with van der Waals surface area (Å²) in [5.74, 6) is -0.501. The standard InChI is InChI=1S/C19H21N5O2/c1-3-23(4-2)13-24-16-10-6-5-9-15(16)17(19(24)26)21-22-18(25)14-8-7-11-20-12-14/h5-12,26H,3-4,13H2,1-2H3. The van der Waals surface area contributed by atoms with E-state index in [1.165, 1.54) is 6.20 Å². The summed E-state index contributed by atoms with van der Waals surface area (Å²) in [6, 6.07) is 10.8. The van der Waals surface area contributed by atoms with E-state index in [9.17, 15) is 9.90 Å². The van der Waals surface area contributed by atoms with Crippen LogP contribution in [0.15, 0.2) is 59.0 Å². The molecule has 0 saturated heterocycles. The van der Waals surface area contributed by atoms with E-state index >= 15 is 0 Å². The number of aromatic hydroxyl groups is 1. The molecule has 0 aliphatic rings. The molecule has 0 aliphatic heterocycles. The number of amides is 1. The Kier molecular flexibility index (Phi) is 5.38. The Morgan fingerprint density at radius 3 is 2.65 bits per heavy atom. The lowest BCUT2D eigenvalue weighted by Crippen LogP contribution is -2.25. The van der Waals surface area contributed by atoms with E-state index in [1.807, 2.05) is 24.3 Å². The maximum atomic E-state index is 12.1. The Morgan fingerprint density at radius 2 is 1.96 bits per heavy atom. The number of carbonyl (C=O) groups excluding carboxylic acids is 1. The van der Waals surface area contributed by atoms with Crippen LogP contribution in [0.25, 0.3) is 10.9 Å². The van der Waals surface area contributed by atoms with E-state index in [1.54, 1.807) is 22.9 Å². The summed E-state index contributed by atoms with van der Waals surface area (Å²) >= 11 is 0. The number of fused-ring (bicyclic) bond motifs is 1. The van der Waals surface area contributed by atoms with Gasteiger partial charge < -0.3 is 5.11 Å². The van der Waals surface area contributed by atoms with Crippen LogP contribution >= 0.6 is 0 Å². The number of nitrogens with zero attached hydrogens (tertiary/aromatic N) is 5. The zero-order chi connectivity index (χ0) is 18.5. The molecule has 3 rings (SSSR count). The Bertz CT molecular complexity index is 930. The summed E-state index contributed by atoms with van der Waals surface area (Å²) in [5, 5.41) is 19.3. The molecule has 0 saturated carbocycles. The zero-order valence-corrected chi connectivity index (χ0v) is 14.8. The molecule has 0 bridgehead atoms. The highest BCUT2D eigenvalue weighted by Gasteiger charge is 2.18. The third-order valence-corrected chi connectivity index (χ3v) is 4.30. The number of para-hydroxylation sites is 1. The van der Waals surface area contributed by atoms with Crippen molar-refractivity contribution in [2.75, 3.05) is 13.1 Å². The number of aromatic nitrogens is 2. The van der Waals surface area contributed by atoms with Gasteiger partial charge in [0.15, 0.2) is 5.69 Å². The van der Waals surface area contributed by atoms with Gasteiger partial charge in [0, 0.05) is 17.8 Å². The summed E-state index contributed by atoms with van der Waals surface area (Å²) in [6.07, 6.45) is 3.02. The predicted octanol–water partition coefficient (Wildman–Crippen LogP) is 3.97. The van der Waals surface area contributed by atoms with Gasteiger partial charge in [0.25, 0.3) is 5.91 Å². The number of hydrogen-bond donors (Lipinski definition) is 1. The number of hydrogen-bond acceptors (Lipinski definition) is 5. The molecule has 0 atom stereocenters. The molecule has 2 aromatic heterocycles. The topological polar surface area (TPSA) is 83.1 Å². The summed E-state index contributed by atoms with van der Waals surface area (Å²) in [6.45, 7) is 6.39. The maximum Gasteiger partial charge on any atom is 0.296 e. The third-order valence-electron chi connectivity index (χ3n) is 4.30. The molecule has 2 heterocycles. The molecule has 1 amide bonds. The maximum absolute atomic E-state index is 12.1. The second kappa shape index (κ2) is 7.88. The molecule has 0 spiro atoms. The first-order valence-corrected chi connectivity index (χ1v) is 8.54. The lowest BCUT2D eigenvalue weighted by Gasteiger charge is -2.19. The van der Waals surface area contributed by atoms with E-state index < -0.39 is 5.91 Å². The van der Waals surface area contributed by atoms with Crippen LogP contribution in [0.3, 0.4) is 0 Å². The van der Waals surface area contributed by atoms with Crippen molar-refractivity contribution >= 4 is 22.5 Å². The van der Waals surface area contributed by atoms with Crippen molar-refractivity contribution in [3.8, 4) is 5.88 Å². The van der Waals surface area contributed by atoms with Crippen molar-refractivity contribution < 1.29 is 9.90 Å². The highest BCUT2D eigenvalue weighted by Crippen LogP contribution is 2.39. The molecule has 0 fully saturated rings. The molecule has 134 valence electrons. The van der Waals surface area contributed by atoms with E-state index in [4.69, 9.17) is 0 Å². The summed E-state index contributed by atoms with van der Waals surface area (Å²) in [7, 11) is 0. The van der Waals surface area contributed by atoms with Gasteiger partial charge in [0.2, 0.25) is 5.88 Å². The van der Waals surface area contributed by atoms with Crippen LogP contribution in [0.2, 0.25) is 0 Å². The number of rotatable bonds is 6.